The molecule has 0 aliphatic heterocycles. The number of carbonyl (C=O) groups excluding carboxylic acids is 1. The Morgan fingerprint density at radius 1 is 1.33 bits per heavy atom. The van der Waals surface area contributed by atoms with Crippen molar-refractivity contribution in [1.82, 2.24) is 15.5 Å². The Kier molecular flexibility index (Phi) is 4.15. The Morgan fingerprint density at radius 3 is 2.46 bits per heavy atom. The Hall–Kier alpha value is -2.24. The van der Waals surface area contributed by atoms with Crippen LogP contribution in [0, 0.1) is 25.5 Å². The molecule has 1 aromatic carbocycles. The summed E-state index contributed by atoms with van der Waals surface area (Å²) < 4.78 is 28.1. The smallest absolute Gasteiger partial charge is 0.227 e. The number of H-pyrrole nitrogens is 1. The summed E-state index contributed by atoms with van der Waals surface area (Å²) in [5.41, 5.74) is 1.99. The number of hydrogen-bond donors (Lipinski definition) is 2. The summed E-state index contributed by atoms with van der Waals surface area (Å²) >= 11 is 0. The van der Waals surface area contributed by atoms with Gasteiger partial charge in [-0.2, -0.15) is 5.10 Å². The molecule has 4 nitrogen and oxygen atoms in total. The van der Waals surface area contributed by atoms with Crippen LogP contribution in [-0.2, 0) is 10.2 Å². The molecule has 1 saturated carbocycles. The summed E-state index contributed by atoms with van der Waals surface area (Å²) in [5.74, 6) is -1.62. The molecule has 1 atom stereocenters. The van der Waals surface area contributed by atoms with Crippen molar-refractivity contribution in [3.05, 3.63) is 52.3 Å². The maximum Gasteiger partial charge on any atom is 0.227 e. The maximum atomic E-state index is 14.0. The Morgan fingerprint density at radius 2 is 1.96 bits per heavy atom. The van der Waals surface area contributed by atoms with Crippen molar-refractivity contribution < 1.29 is 13.6 Å². The zero-order valence-electron chi connectivity index (χ0n) is 14.0. The van der Waals surface area contributed by atoms with Crippen LogP contribution < -0.4 is 5.32 Å². The third kappa shape index (κ3) is 2.81. The average molecular weight is 333 g/mol. The largest absolute Gasteiger partial charge is 0.355 e. The maximum absolute atomic E-state index is 14.0. The number of hydrogen-bond acceptors (Lipinski definition) is 2. The van der Waals surface area contributed by atoms with Gasteiger partial charge in [0.15, 0.2) is 0 Å². The van der Waals surface area contributed by atoms with Crippen molar-refractivity contribution in [1.29, 1.82) is 0 Å². The van der Waals surface area contributed by atoms with E-state index in [0.717, 1.165) is 17.0 Å². The van der Waals surface area contributed by atoms with Crippen LogP contribution in [0.5, 0.6) is 0 Å². The predicted octanol–water partition coefficient (Wildman–Crippen LogP) is 3.26. The molecule has 1 fully saturated rings. The minimum absolute atomic E-state index is 0.0913. The monoisotopic (exact) mass is 333 g/mol. The summed E-state index contributed by atoms with van der Waals surface area (Å²) in [4.78, 5) is 12.5. The molecule has 24 heavy (non-hydrogen) atoms. The van der Waals surface area contributed by atoms with Crippen LogP contribution in [0.2, 0.25) is 0 Å². The first-order valence-electron chi connectivity index (χ1n) is 8.09. The molecular weight excluding hydrogens is 312 g/mol. The molecule has 0 bridgehead atoms. The highest BCUT2D eigenvalue weighted by Gasteiger charge is 2.48. The van der Waals surface area contributed by atoms with Gasteiger partial charge in [0.1, 0.15) is 11.6 Å². The van der Waals surface area contributed by atoms with E-state index in [-0.39, 0.29) is 23.9 Å². The molecule has 1 aromatic heterocycles. The van der Waals surface area contributed by atoms with Crippen LogP contribution in [0.3, 0.4) is 0 Å². The van der Waals surface area contributed by atoms with E-state index in [1.807, 2.05) is 20.8 Å². The molecule has 3 rings (SSSR count). The Balaban J connectivity index is 1.73. The standard InChI is InChI=1S/C18H21F2N3O/c1-10(15-11(2)22-23-12(15)3)17(24)21-9-18(7-8-18)16-13(19)5-4-6-14(16)20/h4-6,10H,7-9H2,1-3H3,(H,21,24)(H,22,23)/t10-/m0/s1. The molecule has 1 heterocycles. The molecule has 2 aromatic rings. The fraction of sp³-hybridized carbons (Fsp3) is 0.444. The van der Waals surface area contributed by atoms with Crippen molar-refractivity contribution in [3.8, 4) is 0 Å². The van der Waals surface area contributed by atoms with Crippen LogP contribution in [0.15, 0.2) is 18.2 Å². The second-order valence-corrected chi connectivity index (χ2v) is 6.66. The van der Waals surface area contributed by atoms with E-state index in [9.17, 15) is 13.6 Å². The first kappa shape index (κ1) is 16.6. The van der Waals surface area contributed by atoms with Gasteiger partial charge < -0.3 is 5.32 Å². The molecule has 0 unspecified atom stereocenters. The van der Waals surface area contributed by atoms with Crippen LogP contribution in [0.4, 0.5) is 8.78 Å². The zero-order valence-corrected chi connectivity index (χ0v) is 14.0. The lowest BCUT2D eigenvalue weighted by atomic mass is 9.93. The number of aromatic amines is 1. The molecule has 6 heteroatoms. The van der Waals surface area contributed by atoms with Crippen LogP contribution >= 0.6 is 0 Å². The first-order chi connectivity index (χ1) is 11.4. The van der Waals surface area contributed by atoms with E-state index < -0.39 is 17.0 Å². The van der Waals surface area contributed by atoms with Gasteiger partial charge in [-0.1, -0.05) is 6.07 Å². The van der Waals surface area contributed by atoms with Crippen LogP contribution in [-0.4, -0.2) is 22.6 Å². The van der Waals surface area contributed by atoms with Crippen LogP contribution in [0.1, 0.15) is 48.2 Å². The second kappa shape index (κ2) is 6.00. The van der Waals surface area contributed by atoms with Crippen LogP contribution in [0.25, 0.3) is 0 Å². The van der Waals surface area contributed by atoms with Gasteiger partial charge in [0.2, 0.25) is 5.91 Å². The van der Waals surface area contributed by atoms with Gasteiger partial charge in [0.05, 0.1) is 11.6 Å². The van der Waals surface area contributed by atoms with E-state index >= 15 is 0 Å². The summed E-state index contributed by atoms with van der Waals surface area (Å²) in [6.45, 7) is 5.77. The van der Waals surface area contributed by atoms with E-state index in [2.05, 4.69) is 15.5 Å². The number of aromatic nitrogens is 2. The number of halogens is 2. The van der Waals surface area contributed by atoms with Crippen molar-refractivity contribution in [3.63, 3.8) is 0 Å². The quantitative estimate of drug-likeness (QED) is 0.882. The second-order valence-electron chi connectivity index (χ2n) is 6.66. The topological polar surface area (TPSA) is 57.8 Å². The SMILES string of the molecule is Cc1n[nH]c(C)c1[C@H](C)C(=O)NCC1(c2c(F)cccc2F)CC1. The molecule has 2 N–H and O–H groups in total. The molecule has 0 saturated heterocycles. The predicted molar refractivity (Wildman–Crippen MR) is 86.8 cm³/mol. The minimum atomic E-state index is -0.620. The third-order valence-electron chi connectivity index (χ3n) is 4.96. The Labute approximate surface area is 139 Å². The van der Waals surface area contributed by atoms with E-state index in [1.165, 1.54) is 18.2 Å². The van der Waals surface area contributed by atoms with Gasteiger partial charge in [-0.15, -0.1) is 0 Å². The van der Waals surface area contributed by atoms with Gasteiger partial charge >= 0.3 is 0 Å². The third-order valence-corrected chi connectivity index (χ3v) is 4.96. The van der Waals surface area contributed by atoms with E-state index in [0.29, 0.717) is 12.8 Å². The number of benzene rings is 1. The van der Waals surface area contributed by atoms with E-state index in [4.69, 9.17) is 0 Å². The van der Waals surface area contributed by atoms with E-state index in [1.54, 1.807) is 0 Å². The fourth-order valence-corrected chi connectivity index (χ4v) is 3.41. The summed E-state index contributed by atoms with van der Waals surface area (Å²) in [6.07, 6.45) is 1.34. The lowest BCUT2D eigenvalue weighted by Crippen LogP contribution is -2.36. The molecule has 128 valence electrons. The average Bonchev–Trinajstić information content (AvgIpc) is 3.23. The summed E-state index contributed by atoms with van der Waals surface area (Å²) in [5, 5.41) is 9.84. The molecule has 1 aliphatic rings. The molecule has 1 aliphatic carbocycles. The number of carbonyl (C=O) groups is 1. The van der Waals surface area contributed by atoms with Gasteiger partial charge in [0.25, 0.3) is 0 Å². The van der Waals surface area contributed by atoms with Crippen molar-refractivity contribution in [2.75, 3.05) is 6.54 Å². The molecular formula is C18H21F2N3O. The van der Waals surface area contributed by atoms with Crippen molar-refractivity contribution >= 4 is 5.91 Å². The fourth-order valence-electron chi connectivity index (χ4n) is 3.41. The van der Waals surface area contributed by atoms with Crippen molar-refractivity contribution in [2.45, 2.75) is 44.9 Å². The highest BCUT2D eigenvalue weighted by Crippen LogP contribution is 2.49. The van der Waals surface area contributed by atoms with Gasteiger partial charge in [-0.05, 0) is 45.7 Å². The minimum Gasteiger partial charge on any atom is -0.355 e. The highest BCUT2D eigenvalue weighted by molar-refractivity contribution is 5.84. The number of rotatable bonds is 5. The van der Waals surface area contributed by atoms with Gasteiger partial charge in [-0.25, -0.2) is 8.78 Å². The normalized spacial score (nSPS) is 16.7. The molecule has 0 radical (unpaired) electrons. The number of amides is 1. The van der Waals surface area contributed by atoms with Gasteiger partial charge in [0, 0.05) is 28.8 Å². The lowest BCUT2D eigenvalue weighted by Gasteiger charge is -2.20. The number of nitrogens with one attached hydrogen (secondary N) is 2. The molecule has 1 amide bonds. The first-order valence-corrected chi connectivity index (χ1v) is 8.09. The lowest BCUT2D eigenvalue weighted by molar-refractivity contribution is -0.122. The number of aryl methyl sites for hydroxylation is 2. The van der Waals surface area contributed by atoms with Crippen molar-refractivity contribution in [2.24, 2.45) is 0 Å². The summed E-state index contributed by atoms with van der Waals surface area (Å²) in [6, 6.07) is 3.89. The molecule has 0 spiro atoms. The highest BCUT2D eigenvalue weighted by atomic mass is 19.1. The van der Waals surface area contributed by atoms with Gasteiger partial charge in [-0.3, -0.25) is 9.89 Å². The zero-order chi connectivity index (χ0) is 17.5. The Bertz CT molecular complexity index is 741. The summed E-state index contributed by atoms with van der Waals surface area (Å²) in [7, 11) is 0. The number of nitrogens with zero attached hydrogens (tertiary/aromatic N) is 1.